The molecule has 0 spiro atoms. The minimum absolute atomic E-state index is 0.0124. The van der Waals surface area contributed by atoms with Crippen molar-refractivity contribution >= 4 is 5.96 Å². The Kier molecular flexibility index (Phi) is 5.83. The van der Waals surface area contributed by atoms with Crippen LogP contribution in [0.1, 0.15) is 62.2 Å². The summed E-state index contributed by atoms with van der Waals surface area (Å²) in [5.41, 5.74) is 1.09. The van der Waals surface area contributed by atoms with Crippen molar-refractivity contribution in [2.75, 3.05) is 6.54 Å². The first-order chi connectivity index (χ1) is 14.1. The van der Waals surface area contributed by atoms with E-state index in [4.69, 9.17) is 4.99 Å². The fraction of sp³-hybridized carbons (Fsp3) is 0.591. The van der Waals surface area contributed by atoms with Crippen molar-refractivity contribution in [3.63, 3.8) is 0 Å². The van der Waals surface area contributed by atoms with E-state index in [1.54, 1.807) is 12.1 Å². The van der Waals surface area contributed by atoms with Crippen LogP contribution < -0.4 is 10.6 Å². The number of aromatic nitrogens is 3. The third-order valence-electron chi connectivity index (χ3n) is 6.39. The number of aryl methyl sites for hydroxylation is 1. The Morgan fingerprint density at radius 3 is 2.69 bits per heavy atom. The molecule has 2 aliphatic rings. The van der Waals surface area contributed by atoms with E-state index in [1.165, 1.54) is 38.2 Å². The van der Waals surface area contributed by atoms with Crippen molar-refractivity contribution in [2.45, 2.75) is 69.9 Å². The smallest absolute Gasteiger partial charge is 0.191 e. The summed E-state index contributed by atoms with van der Waals surface area (Å²) in [7, 11) is 1.96. The number of benzene rings is 1. The van der Waals surface area contributed by atoms with Crippen LogP contribution >= 0.6 is 0 Å². The van der Waals surface area contributed by atoms with E-state index in [0.29, 0.717) is 12.6 Å². The fourth-order valence-electron chi connectivity index (χ4n) is 4.12. The molecule has 156 valence electrons. The number of hydrogen-bond donors (Lipinski definition) is 2. The minimum atomic E-state index is -0.166. The first-order valence-electron chi connectivity index (χ1n) is 10.7. The standard InChI is InChI=1S/C22H31FN6/c1-16-27-28-20(29(16)2)14-24-21(26-19-9-4-3-5-10-19)25-15-22(11-12-22)17-7-6-8-18(23)13-17/h6-8,13,19H,3-5,9-12,14-15H2,1-2H3,(H2,24,25,26). The lowest BCUT2D eigenvalue weighted by Crippen LogP contribution is -2.46. The fourth-order valence-corrected chi connectivity index (χ4v) is 4.12. The lowest BCUT2D eigenvalue weighted by Gasteiger charge is -2.26. The summed E-state index contributed by atoms with van der Waals surface area (Å²) < 4.78 is 15.7. The normalized spacial score (nSPS) is 19.2. The predicted octanol–water partition coefficient (Wildman–Crippen LogP) is 3.36. The molecule has 2 saturated carbocycles. The highest BCUT2D eigenvalue weighted by atomic mass is 19.1. The Bertz CT molecular complexity index is 864. The highest BCUT2D eigenvalue weighted by Gasteiger charge is 2.44. The monoisotopic (exact) mass is 398 g/mol. The lowest BCUT2D eigenvalue weighted by molar-refractivity contribution is 0.409. The molecule has 0 unspecified atom stereocenters. The van der Waals surface area contributed by atoms with Crippen LogP contribution in [0.15, 0.2) is 29.3 Å². The molecular formula is C22H31FN6. The summed E-state index contributed by atoms with van der Waals surface area (Å²) >= 11 is 0. The SMILES string of the molecule is Cc1nnc(CN=C(NCC2(c3cccc(F)c3)CC2)NC2CCCCC2)n1C. The zero-order chi connectivity index (χ0) is 20.3. The zero-order valence-corrected chi connectivity index (χ0v) is 17.4. The molecule has 1 aromatic heterocycles. The third-order valence-corrected chi connectivity index (χ3v) is 6.39. The number of aliphatic imine (C=N–C) groups is 1. The summed E-state index contributed by atoms with van der Waals surface area (Å²) in [6, 6.07) is 7.47. The van der Waals surface area contributed by atoms with Crippen LogP contribution in [-0.4, -0.2) is 33.3 Å². The van der Waals surface area contributed by atoms with E-state index in [2.05, 4.69) is 20.8 Å². The number of hydrogen-bond acceptors (Lipinski definition) is 3. The average Bonchev–Trinajstić information content (AvgIpc) is 3.46. The molecule has 2 fully saturated rings. The molecule has 1 heterocycles. The van der Waals surface area contributed by atoms with Crippen LogP contribution in [0.3, 0.4) is 0 Å². The van der Waals surface area contributed by atoms with Gasteiger partial charge < -0.3 is 15.2 Å². The Hall–Kier alpha value is -2.44. The van der Waals surface area contributed by atoms with Crippen molar-refractivity contribution in [1.82, 2.24) is 25.4 Å². The Morgan fingerprint density at radius 2 is 2.03 bits per heavy atom. The van der Waals surface area contributed by atoms with Gasteiger partial charge in [-0.05, 0) is 50.3 Å². The van der Waals surface area contributed by atoms with Gasteiger partial charge in [0.25, 0.3) is 0 Å². The average molecular weight is 399 g/mol. The maximum Gasteiger partial charge on any atom is 0.191 e. The second-order valence-electron chi connectivity index (χ2n) is 8.51. The van der Waals surface area contributed by atoms with Gasteiger partial charge in [-0.2, -0.15) is 0 Å². The van der Waals surface area contributed by atoms with Gasteiger partial charge in [-0.3, -0.25) is 0 Å². The number of halogens is 1. The third kappa shape index (κ3) is 4.77. The van der Waals surface area contributed by atoms with Crippen LogP contribution in [0.4, 0.5) is 4.39 Å². The molecule has 0 saturated heterocycles. The van der Waals surface area contributed by atoms with Gasteiger partial charge in [0.2, 0.25) is 0 Å². The summed E-state index contributed by atoms with van der Waals surface area (Å²) in [5.74, 6) is 2.38. The van der Waals surface area contributed by atoms with Crippen molar-refractivity contribution < 1.29 is 4.39 Å². The second kappa shape index (κ2) is 8.51. The maximum absolute atomic E-state index is 13.7. The van der Waals surface area contributed by atoms with E-state index >= 15 is 0 Å². The van der Waals surface area contributed by atoms with Crippen LogP contribution in [-0.2, 0) is 19.0 Å². The molecule has 0 bridgehead atoms. The number of guanidine groups is 1. The Balaban J connectivity index is 1.46. The largest absolute Gasteiger partial charge is 0.355 e. The molecule has 0 radical (unpaired) electrons. The summed E-state index contributed by atoms with van der Waals surface area (Å²) in [4.78, 5) is 4.80. The van der Waals surface area contributed by atoms with Gasteiger partial charge in [-0.15, -0.1) is 10.2 Å². The van der Waals surface area contributed by atoms with Gasteiger partial charge >= 0.3 is 0 Å². The first-order valence-corrected chi connectivity index (χ1v) is 10.7. The summed E-state index contributed by atoms with van der Waals surface area (Å²) in [5, 5.41) is 15.5. The number of rotatable bonds is 6. The van der Waals surface area contributed by atoms with Crippen LogP contribution in [0.5, 0.6) is 0 Å². The van der Waals surface area contributed by atoms with Crippen LogP contribution in [0.25, 0.3) is 0 Å². The van der Waals surface area contributed by atoms with E-state index in [9.17, 15) is 4.39 Å². The Labute approximate surface area is 172 Å². The highest BCUT2D eigenvalue weighted by Crippen LogP contribution is 2.47. The van der Waals surface area contributed by atoms with E-state index < -0.39 is 0 Å². The van der Waals surface area contributed by atoms with Crippen molar-refractivity contribution in [3.05, 3.63) is 47.3 Å². The molecular weight excluding hydrogens is 367 g/mol. The molecule has 0 atom stereocenters. The van der Waals surface area contributed by atoms with E-state index in [-0.39, 0.29) is 11.2 Å². The Morgan fingerprint density at radius 1 is 1.24 bits per heavy atom. The number of nitrogens with zero attached hydrogens (tertiary/aromatic N) is 4. The second-order valence-corrected chi connectivity index (χ2v) is 8.51. The molecule has 2 aliphatic carbocycles. The van der Waals surface area contributed by atoms with Crippen LogP contribution in [0, 0.1) is 12.7 Å². The van der Waals surface area contributed by atoms with Gasteiger partial charge in [0, 0.05) is 25.0 Å². The van der Waals surface area contributed by atoms with E-state index in [1.807, 2.05) is 24.6 Å². The summed E-state index contributed by atoms with van der Waals surface area (Å²) in [6.45, 7) is 3.18. The predicted molar refractivity (Wildman–Crippen MR) is 112 cm³/mol. The van der Waals surface area contributed by atoms with Crippen molar-refractivity contribution in [1.29, 1.82) is 0 Å². The molecule has 29 heavy (non-hydrogen) atoms. The van der Waals surface area contributed by atoms with Gasteiger partial charge in [0.1, 0.15) is 18.2 Å². The molecule has 1 aromatic carbocycles. The first kappa shape index (κ1) is 19.9. The van der Waals surface area contributed by atoms with Crippen molar-refractivity contribution in [2.24, 2.45) is 12.0 Å². The highest BCUT2D eigenvalue weighted by molar-refractivity contribution is 5.80. The topological polar surface area (TPSA) is 67.1 Å². The van der Waals surface area contributed by atoms with Gasteiger partial charge in [0.05, 0.1) is 0 Å². The lowest BCUT2D eigenvalue weighted by atomic mass is 9.95. The molecule has 0 amide bonds. The van der Waals surface area contributed by atoms with E-state index in [0.717, 1.165) is 42.6 Å². The van der Waals surface area contributed by atoms with Gasteiger partial charge in [-0.25, -0.2) is 9.38 Å². The van der Waals surface area contributed by atoms with Gasteiger partial charge in [-0.1, -0.05) is 31.4 Å². The van der Waals surface area contributed by atoms with Crippen LogP contribution in [0.2, 0.25) is 0 Å². The summed E-state index contributed by atoms with van der Waals surface area (Å²) in [6.07, 6.45) is 8.35. The minimum Gasteiger partial charge on any atom is -0.355 e. The van der Waals surface area contributed by atoms with Crippen molar-refractivity contribution in [3.8, 4) is 0 Å². The molecule has 6 nitrogen and oxygen atoms in total. The molecule has 2 N–H and O–H groups in total. The number of nitrogens with one attached hydrogen (secondary N) is 2. The molecule has 4 rings (SSSR count). The quantitative estimate of drug-likeness (QED) is 0.578. The molecule has 2 aromatic rings. The zero-order valence-electron chi connectivity index (χ0n) is 17.4. The maximum atomic E-state index is 13.7. The molecule has 0 aliphatic heterocycles. The van der Waals surface area contributed by atoms with Gasteiger partial charge in [0.15, 0.2) is 11.8 Å². The molecule has 7 heteroatoms.